The van der Waals surface area contributed by atoms with Gasteiger partial charge in [-0.3, -0.25) is 24.7 Å². The van der Waals surface area contributed by atoms with E-state index in [9.17, 15) is 40.0 Å². The zero-order valence-electron chi connectivity index (χ0n) is 22.9. The second-order valence-corrected chi connectivity index (χ2v) is 14.0. The molecule has 2 unspecified atom stereocenters. The number of nitrogens with one attached hydrogen (secondary N) is 3. The van der Waals surface area contributed by atoms with Crippen molar-refractivity contribution >= 4 is 37.3 Å². The lowest BCUT2D eigenvalue weighted by molar-refractivity contribution is -0.172. The van der Waals surface area contributed by atoms with Gasteiger partial charge in [0.25, 0.3) is 5.91 Å². The molecule has 2 aromatic rings. The van der Waals surface area contributed by atoms with Crippen LogP contribution in [0.25, 0.3) is 0 Å². The third-order valence-corrected chi connectivity index (χ3v) is 8.84. The molecule has 2 amide bonds. The van der Waals surface area contributed by atoms with Crippen molar-refractivity contribution < 1.29 is 44.7 Å². The van der Waals surface area contributed by atoms with Crippen molar-refractivity contribution in [1.82, 2.24) is 20.9 Å². The van der Waals surface area contributed by atoms with Crippen molar-refractivity contribution in [2.45, 2.75) is 61.1 Å². The Hall–Kier alpha value is -3.50. The number of halogens is 2. The molecule has 230 valence electrons. The zero-order chi connectivity index (χ0) is 31.1. The zero-order valence-corrected chi connectivity index (χ0v) is 24.5. The number of hydrogen-bond donors (Lipinski definition) is 3. The summed E-state index contributed by atoms with van der Waals surface area (Å²) in [6.07, 6.45) is 1.16. The van der Waals surface area contributed by atoms with E-state index in [4.69, 9.17) is 0 Å². The Kier molecular flexibility index (Phi) is 10.7. The summed E-state index contributed by atoms with van der Waals surface area (Å²) in [7, 11) is -7.65. The Morgan fingerprint density at radius 2 is 1.74 bits per heavy atom. The molecule has 16 heteroatoms. The van der Waals surface area contributed by atoms with Gasteiger partial charge in [-0.25, -0.2) is 16.8 Å². The van der Waals surface area contributed by atoms with Crippen LogP contribution in [-0.4, -0.2) is 82.2 Å². The van der Waals surface area contributed by atoms with Crippen LogP contribution in [0.2, 0.25) is 0 Å². The number of amides is 2. The number of carbonyl (C=O) groups excluding carboxylic acids is 3. The Balaban J connectivity index is 1.74. The van der Waals surface area contributed by atoms with Gasteiger partial charge in [0.05, 0.1) is 22.4 Å². The minimum absolute atomic E-state index is 0.0133. The van der Waals surface area contributed by atoms with Gasteiger partial charge >= 0.3 is 6.11 Å². The maximum Gasteiger partial charge on any atom is 0.410 e. The fourth-order valence-electron chi connectivity index (χ4n) is 3.75. The number of carbonyl (C=O) groups is 3. The number of hydrogen-bond acceptors (Lipinski definition) is 10. The van der Waals surface area contributed by atoms with Gasteiger partial charge in [0.1, 0.15) is 18.3 Å². The SMILES string of the molecule is CCC(NC(=O)C(CS(=O)(=O)Cc1cccnc1)NCC(F)(F)Oc1ccc(S(C)(=O)=O)cc1)C(=O)C(=O)NC1CC1. The molecule has 0 bridgehead atoms. The Bertz CT molecular complexity index is 1480. The summed E-state index contributed by atoms with van der Waals surface area (Å²) in [5.41, 5.74) is 0.307. The van der Waals surface area contributed by atoms with Crippen LogP contribution < -0.4 is 20.7 Å². The highest BCUT2D eigenvalue weighted by molar-refractivity contribution is 7.91. The smallest absolute Gasteiger partial charge is 0.410 e. The molecule has 1 aliphatic rings. The number of Topliss-reactive ketones (excluding diaryl/α,β-unsaturated/α-hetero) is 1. The van der Waals surface area contributed by atoms with Crippen LogP contribution in [-0.2, 0) is 39.8 Å². The molecule has 1 fully saturated rings. The van der Waals surface area contributed by atoms with Gasteiger partial charge in [0.15, 0.2) is 19.7 Å². The molecule has 3 N–H and O–H groups in total. The molecule has 0 radical (unpaired) electrons. The van der Waals surface area contributed by atoms with E-state index in [2.05, 4.69) is 25.7 Å². The van der Waals surface area contributed by atoms with Crippen molar-refractivity contribution in [3.05, 3.63) is 54.4 Å². The van der Waals surface area contributed by atoms with Crippen LogP contribution in [0.1, 0.15) is 31.7 Å². The fourth-order valence-corrected chi connectivity index (χ4v) is 5.95. The lowest BCUT2D eigenvalue weighted by Crippen LogP contribution is -2.56. The van der Waals surface area contributed by atoms with Gasteiger partial charge in [-0.2, -0.15) is 8.78 Å². The Morgan fingerprint density at radius 1 is 1.07 bits per heavy atom. The van der Waals surface area contributed by atoms with Gasteiger partial charge < -0.3 is 15.4 Å². The average Bonchev–Trinajstić information content (AvgIpc) is 3.73. The van der Waals surface area contributed by atoms with Crippen LogP contribution in [0.5, 0.6) is 5.75 Å². The molecule has 0 spiro atoms. The van der Waals surface area contributed by atoms with Crippen LogP contribution in [0.3, 0.4) is 0 Å². The molecule has 1 saturated carbocycles. The quantitative estimate of drug-likeness (QED) is 0.225. The molecular formula is C26H32F2N4O8S2. The van der Waals surface area contributed by atoms with E-state index in [0.29, 0.717) is 5.56 Å². The molecular weight excluding hydrogens is 598 g/mol. The van der Waals surface area contributed by atoms with E-state index in [1.54, 1.807) is 0 Å². The van der Waals surface area contributed by atoms with E-state index >= 15 is 0 Å². The van der Waals surface area contributed by atoms with Gasteiger partial charge in [-0.05, 0) is 55.2 Å². The molecule has 1 heterocycles. The van der Waals surface area contributed by atoms with Crippen LogP contribution in [0.4, 0.5) is 8.78 Å². The van der Waals surface area contributed by atoms with Crippen molar-refractivity contribution in [1.29, 1.82) is 0 Å². The van der Waals surface area contributed by atoms with E-state index in [1.165, 1.54) is 31.5 Å². The highest BCUT2D eigenvalue weighted by atomic mass is 32.2. The summed E-state index contributed by atoms with van der Waals surface area (Å²) >= 11 is 0. The minimum Gasteiger partial charge on any atom is -0.432 e. The van der Waals surface area contributed by atoms with Crippen molar-refractivity contribution in [2.75, 3.05) is 18.6 Å². The maximum atomic E-state index is 14.7. The number of ether oxygens (including phenoxy) is 1. The number of benzene rings is 1. The first kappa shape index (κ1) is 33.0. The second kappa shape index (κ2) is 13.6. The topological polar surface area (TPSA) is 178 Å². The summed E-state index contributed by atoms with van der Waals surface area (Å²) in [5.74, 6) is -4.77. The van der Waals surface area contributed by atoms with Gasteiger partial charge in [0, 0.05) is 24.7 Å². The normalized spacial score (nSPS) is 15.3. The highest BCUT2D eigenvalue weighted by Gasteiger charge is 2.37. The van der Waals surface area contributed by atoms with E-state index in [-0.39, 0.29) is 23.1 Å². The highest BCUT2D eigenvalue weighted by Crippen LogP contribution is 2.23. The lowest BCUT2D eigenvalue weighted by atomic mass is 10.1. The molecule has 1 aromatic carbocycles. The lowest BCUT2D eigenvalue weighted by Gasteiger charge is -2.24. The van der Waals surface area contributed by atoms with Crippen LogP contribution >= 0.6 is 0 Å². The van der Waals surface area contributed by atoms with Crippen molar-refractivity contribution in [3.8, 4) is 5.75 Å². The van der Waals surface area contributed by atoms with Crippen molar-refractivity contribution in [2.24, 2.45) is 0 Å². The van der Waals surface area contributed by atoms with Gasteiger partial charge in [-0.1, -0.05) is 13.0 Å². The standard InChI is InChI=1S/C26H32F2N4O8S2/c1-3-21(23(33)25(35)31-18-6-7-18)32-24(34)22(15-42(38,39)14-17-5-4-12-29-13-17)30-16-26(27,28)40-19-8-10-20(11-9-19)41(2,36)37/h4-5,8-13,18,21-22,30H,3,6-7,14-16H2,1-2H3,(H,31,35)(H,32,34). The van der Waals surface area contributed by atoms with Crippen LogP contribution in [0.15, 0.2) is 53.7 Å². The van der Waals surface area contributed by atoms with Crippen molar-refractivity contribution in [3.63, 3.8) is 0 Å². The number of sulfone groups is 2. The first-order valence-corrected chi connectivity index (χ1v) is 16.6. The minimum atomic E-state index is -4.08. The summed E-state index contributed by atoms with van der Waals surface area (Å²) < 4.78 is 83.2. The molecule has 3 rings (SSSR count). The summed E-state index contributed by atoms with van der Waals surface area (Å²) in [6.45, 7) is 0.195. The molecule has 42 heavy (non-hydrogen) atoms. The molecule has 1 aliphatic carbocycles. The predicted molar refractivity (Wildman–Crippen MR) is 147 cm³/mol. The Morgan fingerprint density at radius 3 is 2.29 bits per heavy atom. The van der Waals surface area contributed by atoms with E-state index < -0.39 is 73.5 Å². The maximum absolute atomic E-state index is 14.7. The largest absolute Gasteiger partial charge is 0.432 e. The third kappa shape index (κ3) is 10.4. The number of ketones is 1. The number of pyridine rings is 1. The number of alkyl halides is 2. The molecule has 0 aliphatic heterocycles. The number of nitrogens with zero attached hydrogens (tertiary/aromatic N) is 1. The monoisotopic (exact) mass is 630 g/mol. The van der Waals surface area contributed by atoms with Crippen LogP contribution in [0, 0.1) is 0 Å². The first-order chi connectivity index (χ1) is 19.6. The van der Waals surface area contributed by atoms with Gasteiger partial charge in [-0.15, -0.1) is 0 Å². The molecule has 2 atom stereocenters. The number of rotatable bonds is 16. The average molecular weight is 631 g/mol. The number of aromatic nitrogens is 1. The summed E-state index contributed by atoms with van der Waals surface area (Å²) in [5, 5.41) is 7.02. The predicted octanol–water partition coefficient (Wildman–Crippen LogP) is 0.772. The van der Waals surface area contributed by atoms with E-state index in [1.807, 2.05) is 0 Å². The van der Waals surface area contributed by atoms with E-state index in [0.717, 1.165) is 43.4 Å². The summed E-state index contributed by atoms with van der Waals surface area (Å²) in [6, 6.07) is 4.02. The third-order valence-electron chi connectivity index (χ3n) is 6.10. The molecule has 12 nitrogen and oxygen atoms in total. The van der Waals surface area contributed by atoms with Gasteiger partial charge in [0.2, 0.25) is 11.7 Å². The second-order valence-electron chi connectivity index (χ2n) is 9.91. The molecule has 1 aromatic heterocycles. The molecule has 0 saturated heterocycles. The summed E-state index contributed by atoms with van der Waals surface area (Å²) in [4.78, 5) is 41.6. The fraction of sp³-hybridized carbons (Fsp3) is 0.462. The first-order valence-electron chi connectivity index (χ1n) is 12.9. The Labute approximate surface area is 242 Å².